The van der Waals surface area contributed by atoms with E-state index in [9.17, 15) is 0 Å². The molecule has 1 aromatic rings. The quantitative estimate of drug-likeness (QED) is 0.594. The van der Waals surface area contributed by atoms with Crippen molar-refractivity contribution in [3.05, 3.63) is 18.0 Å². The Hall–Kier alpha value is -0.910. The SMILES string of the molecule is CCn1cc(CC(NN)C(OC)C(C)(C)C)cn1. The number of nitrogens with one attached hydrogen (secondary N) is 1. The first-order valence-corrected chi connectivity index (χ1v) is 6.42. The van der Waals surface area contributed by atoms with Gasteiger partial charge in [-0.2, -0.15) is 5.10 Å². The van der Waals surface area contributed by atoms with Gasteiger partial charge in [0.15, 0.2) is 0 Å². The molecule has 0 aliphatic heterocycles. The molecule has 0 saturated heterocycles. The number of hydrogen-bond acceptors (Lipinski definition) is 4. The van der Waals surface area contributed by atoms with Crippen LogP contribution in [0.25, 0.3) is 0 Å². The van der Waals surface area contributed by atoms with Crippen molar-refractivity contribution in [1.29, 1.82) is 0 Å². The molecule has 1 heterocycles. The molecular formula is C13H26N4O. The first-order chi connectivity index (χ1) is 8.42. The summed E-state index contributed by atoms with van der Waals surface area (Å²) >= 11 is 0. The lowest BCUT2D eigenvalue weighted by Gasteiger charge is -2.35. The van der Waals surface area contributed by atoms with Gasteiger partial charge in [0.25, 0.3) is 0 Å². The molecule has 104 valence electrons. The predicted octanol–water partition coefficient (Wildman–Crippen LogP) is 1.34. The lowest BCUT2D eigenvalue weighted by Crippen LogP contribution is -2.51. The predicted molar refractivity (Wildman–Crippen MR) is 73.0 cm³/mol. The Morgan fingerprint density at radius 3 is 2.56 bits per heavy atom. The highest BCUT2D eigenvalue weighted by molar-refractivity contribution is 5.07. The second-order valence-corrected chi connectivity index (χ2v) is 5.70. The van der Waals surface area contributed by atoms with Gasteiger partial charge in [0, 0.05) is 19.9 Å². The molecule has 1 aromatic heterocycles. The molecule has 0 amide bonds. The highest BCUT2D eigenvalue weighted by atomic mass is 16.5. The second-order valence-electron chi connectivity index (χ2n) is 5.70. The first-order valence-electron chi connectivity index (χ1n) is 6.42. The second kappa shape index (κ2) is 6.31. The van der Waals surface area contributed by atoms with Crippen LogP contribution >= 0.6 is 0 Å². The maximum Gasteiger partial charge on any atom is 0.0789 e. The topological polar surface area (TPSA) is 65.1 Å². The fraction of sp³-hybridized carbons (Fsp3) is 0.769. The van der Waals surface area contributed by atoms with E-state index in [1.807, 2.05) is 10.9 Å². The summed E-state index contributed by atoms with van der Waals surface area (Å²) in [6.45, 7) is 9.42. The maximum absolute atomic E-state index is 5.68. The first kappa shape index (κ1) is 15.1. The molecule has 3 N–H and O–H groups in total. The summed E-state index contributed by atoms with van der Waals surface area (Å²) in [4.78, 5) is 0. The monoisotopic (exact) mass is 254 g/mol. The third kappa shape index (κ3) is 3.80. The standard InChI is InChI=1S/C13H26N4O/c1-6-17-9-10(8-15-17)7-11(16-14)12(18-5)13(2,3)4/h8-9,11-12,16H,6-7,14H2,1-5H3. The summed E-state index contributed by atoms with van der Waals surface area (Å²) in [5.74, 6) is 5.68. The lowest BCUT2D eigenvalue weighted by atomic mass is 9.83. The number of ether oxygens (including phenoxy) is 1. The van der Waals surface area contributed by atoms with Crippen molar-refractivity contribution in [2.24, 2.45) is 11.3 Å². The molecule has 0 aliphatic carbocycles. The van der Waals surface area contributed by atoms with E-state index in [2.05, 4.69) is 44.4 Å². The molecule has 0 spiro atoms. The largest absolute Gasteiger partial charge is 0.379 e. The minimum Gasteiger partial charge on any atom is -0.379 e. The van der Waals surface area contributed by atoms with Crippen LogP contribution in [0.15, 0.2) is 12.4 Å². The Kier molecular flexibility index (Phi) is 5.31. The zero-order valence-electron chi connectivity index (χ0n) is 12.1. The molecule has 0 aliphatic rings. The van der Waals surface area contributed by atoms with Crippen molar-refractivity contribution in [3.8, 4) is 0 Å². The molecule has 5 nitrogen and oxygen atoms in total. The number of aromatic nitrogens is 2. The van der Waals surface area contributed by atoms with Gasteiger partial charge in [0.2, 0.25) is 0 Å². The van der Waals surface area contributed by atoms with Gasteiger partial charge in [0.1, 0.15) is 0 Å². The molecule has 5 heteroatoms. The van der Waals surface area contributed by atoms with Crippen LogP contribution in [0.1, 0.15) is 33.3 Å². The minimum atomic E-state index is 0.0343. The summed E-state index contributed by atoms with van der Waals surface area (Å²) in [5, 5.41) is 4.28. The van der Waals surface area contributed by atoms with E-state index >= 15 is 0 Å². The van der Waals surface area contributed by atoms with Gasteiger partial charge in [-0.1, -0.05) is 20.8 Å². The van der Waals surface area contributed by atoms with Crippen LogP contribution in [-0.4, -0.2) is 29.0 Å². The highest BCUT2D eigenvalue weighted by Gasteiger charge is 2.32. The molecular weight excluding hydrogens is 228 g/mol. The molecule has 0 radical (unpaired) electrons. The van der Waals surface area contributed by atoms with Gasteiger partial charge in [-0.3, -0.25) is 16.0 Å². The van der Waals surface area contributed by atoms with E-state index in [-0.39, 0.29) is 17.6 Å². The van der Waals surface area contributed by atoms with E-state index in [0.29, 0.717) is 0 Å². The number of nitrogens with two attached hydrogens (primary N) is 1. The van der Waals surface area contributed by atoms with Crippen LogP contribution in [0.5, 0.6) is 0 Å². The average molecular weight is 254 g/mol. The number of methoxy groups -OCH3 is 1. The van der Waals surface area contributed by atoms with Crippen molar-refractivity contribution in [1.82, 2.24) is 15.2 Å². The molecule has 0 aromatic carbocycles. The van der Waals surface area contributed by atoms with E-state index in [1.165, 1.54) is 5.56 Å². The number of rotatable bonds is 6. The van der Waals surface area contributed by atoms with Gasteiger partial charge >= 0.3 is 0 Å². The van der Waals surface area contributed by atoms with E-state index < -0.39 is 0 Å². The lowest BCUT2D eigenvalue weighted by molar-refractivity contribution is -0.0110. The highest BCUT2D eigenvalue weighted by Crippen LogP contribution is 2.25. The van der Waals surface area contributed by atoms with Crippen LogP contribution in [0.4, 0.5) is 0 Å². The molecule has 0 bridgehead atoms. The summed E-state index contributed by atoms with van der Waals surface area (Å²) in [5.41, 5.74) is 4.08. The van der Waals surface area contributed by atoms with Crippen molar-refractivity contribution in [2.45, 2.75) is 52.8 Å². The van der Waals surface area contributed by atoms with Gasteiger partial charge < -0.3 is 4.74 Å². The van der Waals surface area contributed by atoms with Crippen molar-refractivity contribution in [3.63, 3.8) is 0 Å². The Morgan fingerprint density at radius 2 is 2.17 bits per heavy atom. The van der Waals surface area contributed by atoms with Crippen molar-refractivity contribution < 1.29 is 4.74 Å². The zero-order chi connectivity index (χ0) is 13.8. The van der Waals surface area contributed by atoms with Crippen molar-refractivity contribution >= 4 is 0 Å². The number of nitrogens with zero attached hydrogens (tertiary/aromatic N) is 2. The van der Waals surface area contributed by atoms with Crippen molar-refractivity contribution in [2.75, 3.05) is 7.11 Å². The summed E-state index contributed by atoms with van der Waals surface area (Å²) in [6.07, 6.45) is 4.81. The normalized spacial score (nSPS) is 15.7. The Morgan fingerprint density at radius 1 is 1.50 bits per heavy atom. The van der Waals surface area contributed by atoms with Crippen LogP contribution in [0, 0.1) is 5.41 Å². The van der Waals surface area contributed by atoms with Crippen LogP contribution < -0.4 is 11.3 Å². The fourth-order valence-corrected chi connectivity index (χ4v) is 2.31. The fourth-order valence-electron chi connectivity index (χ4n) is 2.31. The maximum atomic E-state index is 5.68. The Bertz CT molecular complexity index is 356. The third-order valence-electron chi connectivity index (χ3n) is 3.15. The molecule has 1 rings (SSSR count). The number of hydrazine groups is 1. The number of hydrogen-bond donors (Lipinski definition) is 2. The smallest absolute Gasteiger partial charge is 0.0789 e. The Labute approximate surface area is 110 Å². The third-order valence-corrected chi connectivity index (χ3v) is 3.15. The molecule has 0 fully saturated rings. The van der Waals surface area contributed by atoms with Crippen LogP contribution in [0.2, 0.25) is 0 Å². The van der Waals surface area contributed by atoms with Gasteiger partial charge in [-0.05, 0) is 24.3 Å². The summed E-state index contributed by atoms with van der Waals surface area (Å²) in [7, 11) is 1.73. The molecule has 18 heavy (non-hydrogen) atoms. The van der Waals surface area contributed by atoms with Crippen LogP contribution in [-0.2, 0) is 17.7 Å². The molecule has 2 unspecified atom stereocenters. The minimum absolute atomic E-state index is 0.0343. The van der Waals surface area contributed by atoms with Gasteiger partial charge in [-0.25, -0.2) is 0 Å². The van der Waals surface area contributed by atoms with E-state index in [0.717, 1.165) is 13.0 Å². The zero-order valence-corrected chi connectivity index (χ0v) is 12.1. The van der Waals surface area contributed by atoms with E-state index in [1.54, 1.807) is 7.11 Å². The molecule has 2 atom stereocenters. The van der Waals surface area contributed by atoms with Gasteiger partial charge in [0.05, 0.1) is 18.3 Å². The van der Waals surface area contributed by atoms with E-state index in [4.69, 9.17) is 10.6 Å². The Balaban J connectivity index is 2.77. The number of aryl methyl sites for hydroxylation is 1. The van der Waals surface area contributed by atoms with Crippen LogP contribution in [0.3, 0.4) is 0 Å². The molecule has 0 saturated carbocycles. The summed E-state index contributed by atoms with van der Waals surface area (Å²) < 4.78 is 7.52. The summed E-state index contributed by atoms with van der Waals surface area (Å²) in [6, 6.07) is 0.0736. The van der Waals surface area contributed by atoms with Gasteiger partial charge in [-0.15, -0.1) is 0 Å². The average Bonchev–Trinajstić information content (AvgIpc) is 2.74.